The fourth-order valence-electron chi connectivity index (χ4n) is 2.12. The van der Waals surface area contributed by atoms with Crippen molar-refractivity contribution in [3.05, 3.63) is 29.6 Å². The Balaban J connectivity index is 2.24. The molecule has 2 nitrogen and oxygen atoms in total. The lowest BCUT2D eigenvalue weighted by Gasteiger charge is -2.22. The number of rotatable bonds is 3. The summed E-state index contributed by atoms with van der Waals surface area (Å²) in [4.78, 5) is 13.7. The third kappa shape index (κ3) is 2.26. The van der Waals surface area contributed by atoms with E-state index in [1.54, 1.807) is 18.0 Å². The largest absolute Gasteiger partial charge is 0.315 e. The summed E-state index contributed by atoms with van der Waals surface area (Å²) in [5, 5.41) is 0. The van der Waals surface area contributed by atoms with Gasteiger partial charge in [-0.05, 0) is 36.5 Å². The number of amides is 1. The highest BCUT2D eigenvalue weighted by molar-refractivity contribution is 5.98. The maximum Gasteiger partial charge on any atom is 0.232 e. The maximum atomic E-state index is 13.9. The monoisotopic (exact) mass is 249 g/mol. The molecule has 0 bridgehead atoms. The Morgan fingerprint density at radius 3 is 2.44 bits per heavy atom. The lowest BCUT2D eigenvalue weighted by atomic mass is 10.0. The minimum Gasteiger partial charge on any atom is -0.315 e. The van der Waals surface area contributed by atoms with E-state index in [1.807, 2.05) is 26.8 Å². The first-order chi connectivity index (χ1) is 8.35. The highest BCUT2D eigenvalue weighted by Gasteiger charge is 2.46. The molecule has 0 atom stereocenters. The van der Waals surface area contributed by atoms with Crippen LogP contribution in [-0.2, 0) is 4.79 Å². The van der Waals surface area contributed by atoms with Gasteiger partial charge in [-0.15, -0.1) is 0 Å². The van der Waals surface area contributed by atoms with Crippen LogP contribution in [0.4, 0.5) is 10.1 Å². The molecule has 2 rings (SSSR count). The van der Waals surface area contributed by atoms with Crippen molar-refractivity contribution in [2.75, 3.05) is 11.9 Å². The number of nitrogens with zero attached hydrogens (tertiary/aromatic N) is 1. The van der Waals surface area contributed by atoms with Gasteiger partial charge < -0.3 is 4.90 Å². The minimum absolute atomic E-state index is 0.0826. The van der Waals surface area contributed by atoms with Crippen molar-refractivity contribution < 1.29 is 9.18 Å². The van der Waals surface area contributed by atoms with Gasteiger partial charge in [0.25, 0.3) is 0 Å². The average molecular weight is 249 g/mol. The van der Waals surface area contributed by atoms with E-state index >= 15 is 0 Å². The molecule has 1 saturated carbocycles. The fraction of sp³-hybridized carbons (Fsp3) is 0.533. The van der Waals surface area contributed by atoms with Crippen LogP contribution < -0.4 is 4.90 Å². The first-order valence-electron chi connectivity index (χ1n) is 6.43. The lowest BCUT2D eigenvalue weighted by molar-refractivity contribution is -0.122. The Morgan fingerprint density at radius 2 is 2.00 bits per heavy atom. The molecule has 1 fully saturated rings. The molecule has 0 spiro atoms. The Labute approximate surface area is 108 Å². The topological polar surface area (TPSA) is 20.3 Å². The van der Waals surface area contributed by atoms with Crippen molar-refractivity contribution >= 4 is 11.6 Å². The zero-order chi connectivity index (χ0) is 13.5. The van der Waals surface area contributed by atoms with Crippen LogP contribution in [0.1, 0.15) is 45.1 Å². The Bertz CT molecular complexity index is 477. The molecule has 3 heteroatoms. The number of hydrogen-bond acceptors (Lipinski definition) is 1. The van der Waals surface area contributed by atoms with Crippen LogP contribution in [0, 0.1) is 11.2 Å². The predicted octanol–water partition coefficient (Wildman–Crippen LogP) is 3.71. The van der Waals surface area contributed by atoms with Crippen molar-refractivity contribution in [1.29, 1.82) is 0 Å². The summed E-state index contributed by atoms with van der Waals surface area (Å²) in [7, 11) is 1.72. The van der Waals surface area contributed by atoms with E-state index in [2.05, 4.69) is 0 Å². The van der Waals surface area contributed by atoms with Gasteiger partial charge in [-0.3, -0.25) is 4.79 Å². The quantitative estimate of drug-likeness (QED) is 0.799. The molecular formula is C15H20FNO. The van der Waals surface area contributed by atoms with Gasteiger partial charge in [-0.1, -0.05) is 26.8 Å². The van der Waals surface area contributed by atoms with Crippen LogP contribution in [0.5, 0.6) is 0 Å². The highest BCUT2D eigenvalue weighted by atomic mass is 19.1. The van der Waals surface area contributed by atoms with Crippen LogP contribution in [-0.4, -0.2) is 13.0 Å². The second kappa shape index (κ2) is 4.38. The average Bonchev–Trinajstić information content (AvgIpc) is 3.06. The molecule has 0 unspecified atom stereocenters. The first-order valence-corrected chi connectivity index (χ1v) is 6.43. The molecule has 0 radical (unpaired) electrons. The molecule has 1 amide bonds. The van der Waals surface area contributed by atoms with Gasteiger partial charge in [0.15, 0.2) is 0 Å². The van der Waals surface area contributed by atoms with Crippen LogP contribution in [0.25, 0.3) is 0 Å². The maximum absolute atomic E-state index is 13.9. The first kappa shape index (κ1) is 13.1. The number of hydrogen-bond donors (Lipinski definition) is 0. The molecule has 0 aromatic heterocycles. The number of halogens is 1. The molecule has 1 aliphatic rings. The zero-order valence-corrected chi connectivity index (χ0v) is 11.5. The van der Waals surface area contributed by atoms with Gasteiger partial charge >= 0.3 is 0 Å². The molecule has 0 heterocycles. The summed E-state index contributed by atoms with van der Waals surface area (Å²) >= 11 is 0. The van der Waals surface area contributed by atoms with Gasteiger partial charge in [-0.25, -0.2) is 4.39 Å². The standard InChI is InChI=1S/C15H20FNO/c1-10(2)12-6-5-11(9-13(12)16)17(4)14(18)15(3)7-8-15/h5-6,9-10H,7-8H2,1-4H3. The lowest BCUT2D eigenvalue weighted by Crippen LogP contribution is -2.32. The summed E-state index contributed by atoms with van der Waals surface area (Å²) in [6, 6.07) is 5.05. The highest BCUT2D eigenvalue weighted by Crippen LogP contribution is 2.46. The fourth-order valence-corrected chi connectivity index (χ4v) is 2.12. The van der Waals surface area contributed by atoms with E-state index in [9.17, 15) is 9.18 Å². The van der Waals surface area contributed by atoms with Crippen molar-refractivity contribution in [2.24, 2.45) is 5.41 Å². The van der Waals surface area contributed by atoms with E-state index < -0.39 is 0 Å². The van der Waals surface area contributed by atoms with Crippen molar-refractivity contribution in [1.82, 2.24) is 0 Å². The van der Waals surface area contributed by atoms with Gasteiger partial charge in [0, 0.05) is 18.2 Å². The summed E-state index contributed by atoms with van der Waals surface area (Å²) in [5.74, 6) is 0.00306. The summed E-state index contributed by atoms with van der Waals surface area (Å²) in [6.45, 7) is 5.88. The summed E-state index contributed by atoms with van der Waals surface area (Å²) in [5.41, 5.74) is 1.11. The van der Waals surface area contributed by atoms with Gasteiger partial charge in [0.05, 0.1) is 0 Å². The Kier molecular flexibility index (Phi) is 3.18. The third-order valence-corrected chi connectivity index (χ3v) is 3.81. The van der Waals surface area contributed by atoms with E-state index in [1.165, 1.54) is 6.07 Å². The number of carbonyl (C=O) groups is 1. The predicted molar refractivity (Wildman–Crippen MR) is 71.2 cm³/mol. The van der Waals surface area contributed by atoms with Crippen LogP contribution >= 0.6 is 0 Å². The third-order valence-electron chi connectivity index (χ3n) is 3.81. The zero-order valence-electron chi connectivity index (χ0n) is 11.5. The van der Waals surface area contributed by atoms with Crippen molar-refractivity contribution in [3.8, 4) is 0 Å². The van der Waals surface area contributed by atoms with E-state index in [0.29, 0.717) is 11.3 Å². The van der Waals surface area contributed by atoms with Gasteiger partial charge in [0.2, 0.25) is 5.91 Å². The Hall–Kier alpha value is -1.38. The van der Waals surface area contributed by atoms with E-state index in [-0.39, 0.29) is 23.1 Å². The molecule has 1 aromatic rings. The molecule has 1 aromatic carbocycles. The van der Waals surface area contributed by atoms with Crippen molar-refractivity contribution in [3.63, 3.8) is 0 Å². The van der Waals surface area contributed by atoms with Crippen LogP contribution in [0.15, 0.2) is 18.2 Å². The SMILES string of the molecule is CC(C)c1ccc(N(C)C(=O)C2(C)CC2)cc1F. The molecule has 0 N–H and O–H groups in total. The molecule has 0 aliphatic heterocycles. The van der Waals surface area contributed by atoms with E-state index in [4.69, 9.17) is 0 Å². The molecule has 1 aliphatic carbocycles. The number of carbonyl (C=O) groups excluding carboxylic acids is 1. The van der Waals surface area contributed by atoms with E-state index in [0.717, 1.165) is 12.8 Å². The molecule has 18 heavy (non-hydrogen) atoms. The number of anilines is 1. The van der Waals surface area contributed by atoms with Crippen LogP contribution in [0.3, 0.4) is 0 Å². The second-order valence-corrected chi connectivity index (χ2v) is 5.79. The van der Waals surface area contributed by atoms with Crippen molar-refractivity contribution in [2.45, 2.75) is 39.5 Å². The summed E-state index contributed by atoms with van der Waals surface area (Å²) < 4.78 is 13.9. The molecule has 98 valence electrons. The second-order valence-electron chi connectivity index (χ2n) is 5.79. The molecule has 0 saturated heterocycles. The van der Waals surface area contributed by atoms with Gasteiger partial charge in [-0.2, -0.15) is 0 Å². The van der Waals surface area contributed by atoms with Crippen LogP contribution in [0.2, 0.25) is 0 Å². The smallest absolute Gasteiger partial charge is 0.232 e. The number of benzene rings is 1. The van der Waals surface area contributed by atoms with Gasteiger partial charge in [0.1, 0.15) is 5.82 Å². The minimum atomic E-state index is -0.233. The normalized spacial score (nSPS) is 16.8. The Morgan fingerprint density at radius 1 is 1.39 bits per heavy atom. The molecular weight excluding hydrogens is 229 g/mol. The summed E-state index contributed by atoms with van der Waals surface area (Å²) in [6.07, 6.45) is 1.87.